The zero-order chi connectivity index (χ0) is 19.9. The lowest BCUT2D eigenvalue weighted by atomic mass is 9.95. The molecule has 1 aliphatic heterocycles. The molecule has 0 spiro atoms. The number of carbonyl (C=O) groups is 3. The summed E-state index contributed by atoms with van der Waals surface area (Å²) in [4.78, 5) is 37.3. The molecule has 0 saturated carbocycles. The molecular weight excluding hydrogens is 360 g/mol. The predicted molar refractivity (Wildman–Crippen MR) is 102 cm³/mol. The third kappa shape index (κ3) is 5.22. The number of likely N-dealkylation sites (tertiary alicyclic amines) is 1. The summed E-state index contributed by atoms with van der Waals surface area (Å²) in [5, 5.41) is 11.6. The van der Waals surface area contributed by atoms with E-state index in [2.05, 4.69) is 5.32 Å². The number of nitrogens with one attached hydrogen (secondary N) is 1. The largest absolute Gasteiger partial charge is 0.475 e. The van der Waals surface area contributed by atoms with Crippen LogP contribution in [0.25, 0.3) is 0 Å². The normalized spacial score (nSPS) is 14.6. The van der Waals surface area contributed by atoms with E-state index >= 15 is 0 Å². The van der Waals surface area contributed by atoms with Crippen molar-refractivity contribution in [1.29, 1.82) is 0 Å². The summed E-state index contributed by atoms with van der Waals surface area (Å²) >= 11 is 0. The van der Waals surface area contributed by atoms with Gasteiger partial charge in [0, 0.05) is 25.4 Å². The number of hydrogen-bond donors (Lipinski definition) is 2. The minimum absolute atomic E-state index is 0.0929. The van der Waals surface area contributed by atoms with Gasteiger partial charge in [-0.05, 0) is 37.0 Å². The molecule has 1 aromatic carbocycles. The van der Waals surface area contributed by atoms with Crippen LogP contribution in [0.1, 0.15) is 41.1 Å². The quantitative estimate of drug-likeness (QED) is 0.764. The lowest BCUT2D eigenvalue weighted by molar-refractivity contribution is -0.135. The molecule has 0 bridgehead atoms. The van der Waals surface area contributed by atoms with Crippen LogP contribution in [0, 0.1) is 5.92 Å². The van der Waals surface area contributed by atoms with Crippen molar-refractivity contribution in [1.82, 2.24) is 10.2 Å². The molecule has 2 aromatic rings. The standard InChI is InChI=1S/C21H24N2O5/c24-19(9-6-15-4-2-1-3-5-15)23-12-10-16(11-13-23)20(25)22-14-17-7-8-18(28-17)21(26)27/h1-5,7-8,16H,6,9-14H2,(H,22,25)(H,26,27). The van der Waals surface area contributed by atoms with Gasteiger partial charge in [-0.1, -0.05) is 30.3 Å². The van der Waals surface area contributed by atoms with Gasteiger partial charge in [0.25, 0.3) is 0 Å². The number of aryl methyl sites for hydroxylation is 1. The second kappa shape index (κ2) is 9.21. The Morgan fingerprint density at radius 1 is 1.07 bits per heavy atom. The van der Waals surface area contributed by atoms with Gasteiger partial charge in [-0.25, -0.2) is 4.79 Å². The number of carboxylic acid groups (broad SMARTS) is 1. The summed E-state index contributed by atoms with van der Waals surface area (Å²) in [6.45, 7) is 1.31. The van der Waals surface area contributed by atoms with E-state index in [4.69, 9.17) is 9.52 Å². The van der Waals surface area contributed by atoms with Crippen LogP contribution in [0.15, 0.2) is 46.9 Å². The van der Waals surface area contributed by atoms with Gasteiger partial charge >= 0.3 is 5.97 Å². The maximum absolute atomic E-state index is 12.4. The minimum Gasteiger partial charge on any atom is -0.475 e. The summed E-state index contributed by atoms with van der Waals surface area (Å²) in [5.41, 5.74) is 1.15. The highest BCUT2D eigenvalue weighted by atomic mass is 16.4. The van der Waals surface area contributed by atoms with Crippen LogP contribution in [-0.4, -0.2) is 40.9 Å². The number of rotatable bonds is 7. The number of furan rings is 1. The van der Waals surface area contributed by atoms with Crippen LogP contribution in [-0.2, 0) is 22.6 Å². The summed E-state index contributed by atoms with van der Waals surface area (Å²) in [6.07, 6.45) is 2.45. The molecule has 7 nitrogen and oxygen atoms in total. The van der Waals surface area contributed by atoms with E-state index in [1.54, 1.807) is 0 Å². The number of carboxylic acids is 1. The average Bonchev–Trinajstić information content (AvgIpc) is 3.20. The van der Waals surface area contributed by atoms with Gasteiger partial charge in [0.1, 0.15) is 5.76 Å². The van der Waals surface area contributed by atoms with Gasteiger partial charge in [-0.15, -0.1) is 0 Å². The molecule has 0 radical (unpaired) electrons. The number of amides is 2. The Hall–Kier alpha value is -3.09. The monoisotopic (exact) mass is 384 g/mol. The molecule has 0 unspecified atom stereocenters. The van der Waals surface area contributed by atoms with E-state index in [-0.39, 0.29) is 30.0 Å². The van der Waals surface area contributed by atoms with Crippen LogP contribution in [0.5, 0.6) is 0 Å². The second-order valence-electron chi connectivity index (χ2n) is 6.93. The smallest absolute Gasteiger partial charge is 0.371 e. The number of hydrogen-bond acceptors (Lipinski definition) is 4. The van der Waals surface area contributed by atoms with E-state index in [1.807, 2.05) is 35.2 Å². The maximum atomic E-state index is 12.4. The molecule has 2 amide bonds. The molecule has 0 atom stereocenters. The van der Waals surface area contributed by atoms with Crippen LogP contribution >= 0.6 is 0 Å². The lowest BCUT2D eigenvalue weighted by Gasteiger charge is -2.31. The summed E-state index contributed by atoms with van der Waals surface area (Å²) in [6, 6.07) is 12.8. The summed E-state index contributed by atoms with van der Waals surface area (Å²) < 4.78 is 5.13. The third-order valence-corrected chi connectivity index (χ3v) is 5.00. The van der Waals surface area contributed by atoms with Crippen molar-refractivity contribution in [2.24, 2.45) is 5.92 Å². The third-order valence-electron chi connectivity index (χ3n) is 5.00. The van der Waals surface area contributed by atoms with E-state index in [1.165, 1.54) is 12.1 Å². The van der Waals surface area contributed by atoms with Gasteiger partial charge < -0.3 is 19.7 Å². The molecule has 2 N–H and O–H groups in total. The first-order valence-corrected chi connectivity index (χ1v) is 9.44. The first-order valence-electron chi connectivity index (χ1n) is 9.44. The highest BCUT2D eigenvalue weighted by molar-refractivity contribution is 5.84. The number of piperidine rings is 1. The molecule has 1 aromatic heterocycles. The van der Waals surface area contributed by atoms with Crippen molar-refractivity contribution in [3.63, 3.8) is 0 Å². The fourth-order valence-electron chi connectivity index (χ4n) is 3.35. The molecule has 3 rings (SSSR count). The van der Waals surface area contributed by atoms with Crippen molar-refractivity contribution in [2.45, 2.75) is 32.2 Å². The van der Waals surface area contributed by atoms with Crippen LogP contribution < -0.4 is 5.32 Å². The topological polar surface area (TPSA) is 99.9 Å². The molecule has 1 fully saturated rings. The number of nitrogens with zero attached hydrogens (tertiary/aromatic N) is 1. The molecular formula is C21H24N2O5. The Labute approximate surface area is 163 Å². The molecule has 28 heavy (non-hydrogen) atoms. The van der Waals surface area contributed by atoms with E-state index in [0.29, 0.717) is 38.1 Å². The van der Waals surface area contributed by atoms with Gasteiger partial charge in [0.2, 0.25) is 17.6 Å². The van der Waals surface area contributed by atoms with Gasteiger partial charge in [-0.2, -0.15) is 0 Å². The van der Waals surface area contributed by atoms with Crippen molar-refractivity contribution in [3.05, 3.63) is 59.5 Å². The lowest BCUT2D eigenvalue weighted by Crippen LogP contribution is -2.43. The minimum atomic E-state index is -1.14. The van der Waals surface area contributed by atoms with E-state index in [9.17, 15) is 14.4 Å². The van der Waals surface area contributed by atoms with Gasteiger partial charge in [0.05, 0.1) is 6.54 Å². The first-order chi connectivity index (χ1) is 13.5. The second-order valence-corrected chi connectivity index (χ2v) is 6.93. The average molecular weight is 384 g/mol. The van der Waals surface area contributed by atoms with Crippen LogP contribution in [0.4, 0.5) is 0 Å². The number of benzene rings is 1. The molecule has 7 heteroatoms. The number of carbonyl (C=O) groups excluding carboxylic acids is 2. The zero-order valence-electron chi connectivity index (χ0n) is 15.6. The molecule has 148 valence electrons. The van der Waals surface area contributed by atoms with Gasteiger partial charge in [-0.3, -0.25) is 9.59 Å². The Morgan fingerprint density at radius 3 is 2.43 bits per heavy atom. The van der Waals surface area contributed by atoms with Crippen molar-refractivity contribution < 1.29 is 23.9 Å². The molecule has 1 saturated heterocycles. The fraction of sp³-hybridized carbons (Fsp3) is 0.381. The maximum Gasteiger partial charge on any atom is 0.371 e. The van der Waals surface area contributed by atoms with E-state index in [0.717, 1.165) is 12.0 Å². The highest BCUT2D eigenvalue weighted by Gasteiger charge is 2.27. The Bertz CT molecular complexity index is 822. The number of aromatic carboxylic acids is 1. The zero-order valence-corrected chi connectivity index (χ0v) is 15.6. The predicted octanol–water partition coefficient (Wildman–Crippen LogP) is 2.47. The Morgan fingerprint density at radius 2 is 1.79 bits per heavy atom. The molecule has 2 heterocycles. The fourth-order valence-corrected chi connectivity index (χ4v) is 3.35. The Balaban J connectivity index is 1.39. The highest BCUT2D eigenvalue weighted by Crippen LogP contribution is 2.19. The van der Waals surface area contributed by atoms with Crippen molar-refractivity contribution in [2.75, 3.05) is 13.1 Å². The summed E-state index contributed by atoms with van der Waals surface area (Å²) in [7, 11) is 0. The Kier molecular flexibility index (Phi) is 6.47. The molecule has 0 aliphatic carbocycles. The van der Waals surface area contributed by atoms with Crippen molar-refractivity contribution >= 4 is 17.8 Å². The van der Waals surface area contributed by atoms with E-state index < -0.39 is 5.97 Å². The SMILES string of the molecule is O=C(O)c1ccc(CNC(=O)C2CCN(C(=O)CCc3ccccc3)CC2)o1. The summed E-state index contributed by atoms with van der Waals surface area (Å²) in [5.74, 6) is -0.996. The van der Waals surface area contributed by atoms with Gasteiger partial charge in [0.15, 0.2) is 0 Å². The molecule has 1 aliphatic rings. The van der Waals surface area contributed by atoms with Crippen molar-refractivity contribution in [3.8, 4) is 0 Å². The van der Waals surface area contributed by atoms with Crippen LogP contribution in [0.3, 0.4) is 0 Å². The van der Waals surface area contributed by atoms with Crippen LogP contribution in [0.2, 0.25) is 0 Å². The first kappa shape index (κ1) is 19.7.